The van der Waals surface area contributed by atoms with E-state index in [2.05, 4.69) is 30.0 Å². The first-order valence-electron chi connectivity index (χ1n) is 10.2. The molecule has 0 bridgehead atoms. The molecule has 0 unspecified atom stereocenters. The van der Waals surface area contributed by atoms with Gasteiger partial charge in [0.05, 0.1) is 7.11 Å². The van der Waals surface area contributed by atoms with Gasteiger partial charge in [0.2, 0.25) is 0 Å². The maximum atomic E-state index is 12.1. The van der Waals surface area contributed by atoms with E-state index in [9.17, 15) is 4.79 Å². The molecule has 4 rings (SSSR count). The topological polar surface area (TPSA) is 51.9 Å². The molecule has 0 aliphatic carbocycles. The van der Waals surface area contributed by atoms with Crippen LogP contribution in [0.15, 0.2) is 45.6 Å². The number of nitrogens with zero attached hydrogens (tertiary/aromatic N) is 1. The van der Waals surface area contributed by atoms with Gasteiger partial charge >= 0.3 is 5.63 Å². The quantitative estimate of drug-likeness (QED) is 0.563. The van der Waals surface area contributed by atoms with Crippen molar-refractivity contribution in [1.82, 2.24) is 4.90 Å². The van der Waals surface area contributed by atoms with E-state index in [-0.39, 0.29) is 5.63 Å². The molecular weight excluding hydrogens is 366 g/mol. The van der Waals surface area contributed by atoms with Crippen molar-refractivity contribution in [3.63, 3.8) is 0 Å². The summed E-state index contributed by atoms with van der Waals surface area (Å²) >= 11 is 0. The van der Waals surface area contributed by atoms with Gasteiger partial charge in [-0.1, -0.05) is 25.5 Å². The van der Waals surface area contributed by atoms with Gasteiger partial charge in [0.15, 0.2) is 0 Å². The van der Waals surface area contributed by atoms with Gasteiger partial charge in [0, 0.05) is 35.7 Å². The van der Waals surface area contributed by atoms with E-state index >= 15 is 0 Å². The first kappa shape index (κ1) is 19.5. The molecule has 0 saturated heterocycles. The van der Waals surface area contributed by atoms with Crippen molar-refractivity contribution in [1.29, 1.82) is 0 Å². The highest BCUT2D eigenvalue weighted by Crippen LogP contribution is 2.36. The van der Waals surface area contributed by atoms with Crippen LogP contribution in [0, 0.1) is 6.92 Å². The average molecular weight is 393 g/mol. The summed E-state index contributed by atoms with van der Waals surface area (Å²) in [5.74, 6) is 1.70. The number of aryl methyl sites for hydroxylation is 2. The Morgan fingerprint density at radius 3 is 2.86 bits per heavy atom. The van der Waals surface area contributed by atoms with Gasteiger partial charge in [0.25, 0.3) is 0 Å². The minimum Gasteiger partial charge on any atom is -0.497 e. The van der Waals surface area contributed by atoms with Crippen molar-refractivity contribution in [3.8, 4) is 11.5 Å². The van der Waals surface area contributed by atoms with Crippen LogP contribution in [0.3, 0.4) is 0 Å². The molecular formula is C24H27NO4. The minimum atomic E-state index is -0.290. The zero-order valence-corrected chi connectivity index (χ0v) is 17.3. The first-order valence-corrected chi connectivity index (χ1v) is 10.2. The molecule has 0 saturated carbocycles. The molecule has 0 radical (unpaired) electrons. The van der Waals surface area contributed by atoms with Gasteiger partial charge in [-0.2, -0.15) is 0 Å². The van der Waals surface area contributed by atoms with Gasteiger partial charge in [-0.05, 0) is 49.1 Å². The molecule has 5 heteroatoms. The summed E-state index contributed by atoms with van der Waals surface area (Å²) in [7, 11) is 1.68. The van der Waals surface area contributed by atoms with Crippen LogP contribution in [0.1, 0.15) is 42.0 Å². The second kappa shape index (κ2) is 8.29. The Labute approximate surface area is 170 Å². The van der Waals surface area contributed by atoms with Crippen molar-refractivity contribution in [3.05, 3.63) is 69.1 Å². The second-order valence-electron chi connectivity index (χ2n) is 7.67. The lowest BCUT2D eigenvalue weighted by Gasteiger charge is -2.30. The van der Waals surface area contributed by atoms with Crippen molar-refractivity contribution in [2.24, 2.45) is 0 Å². The highest BCUT2D eigenvalue weighted by atomic mass is 16.5. The highest BCUT2D eigenvalue weighted by Gasteiger charge is 2.23. The van der Waals surface area contributed by atoms with Gasteiger partial charge in [0.1, 0.15) is 23.8 Å². The number of methoxy groups -OCH3 is 1. The lowest BCUT2D eigenvalue weighted by Crippen LogP contribution is -2.32. The molecule has 1 aliphatic heterocycles. The van der Waals surface area contributed by atoms with Crippen molar-refractivity contribution in [2.75, 3.05) is 13.8 Å². The van der Waals surface area contributed by atoms with Crippen LogP contribution >= 0.6 is 0 Å². The third-order valence-corrected chi connectivity index (χ3v) is 5.50. The van der Waals surface area contributed by atoms with E-state index < -0.39 is 0 Å². The van der Waals surface area contributed by atoms with Crippen LogP contribution in [-0.4, -0.2) is 18.7 Å². The Hall–Kier alpha value is -2.79. The van der Waals surface area contributed by atoms with Gasteiger partial charge in [-0.15, -0.1) is 0 Å². The van der Waals surface area contributed by atoms with Crippen LogP contribution in [0.2, 0.25) is 0 Å². The zero-order valence-electron chi connectivity index (χ0n) is 17.3. The average Bonchev–Trinajstić information content (AvgIpc) is 2.73. The van der Waals surface area contributed by atoms with Gasteiger partial charge < -0.3 is 13.9 Å². The summed E-state index contributed by atoms with van der Waals surface area (Å²) < 4.78 is 17.0. The standard InChI is InChI=1S/C24H27NO4/c1-4-5-8-18-12-22(26)29-24-16(2)23-19(11-21(18)24)14-25(15-28-23)13-17-7-6-9-20(10-17)27-3/h6-7,9-12H,4-5,8,13-15H2,1-3H3. The van der Waals surface area contributed by atoms with E-state index in [4.69, 9.17) is 13.9 Å². The Morgan fingerprint density at radius 1 is 1.21 bits per heavy atom. The third-order valence-electron chi connectivity index (χ3n) is 5.50. The zero-order chi connectivity index (χ0) is 20.4. The summed E-state index contributed by atoms with van der Waals surface area (Å²) in [6.45, 7) is 6.20. The van der Waals surface area contributed by atoms with Crippen LogP contribution < -0.4 is 15.1 Å². The molecule has 3 aromatic rings. The highest BCUT2D eigenvalue weighted by molar-refractivity contribution is 5.86. The maximum absolute atomic E-state index is 12.1. The summed E-state index contributed by atoms with van der Waals surface area (Å²) in [5.41, 5.74) is 4.66. The predicted octanol–water partition coefficient (Wildman–Crippen LogP) is 4.80. The fourth-order valence-corrected chi connectivity index (χ4v) is 4.04. The summed E-state index contributed by atoms with van der Waals surface area (Å²) in [6.07, 6.45) is 3.02. The van der Waals surface area contributed by atoms with Gasteiger partial charge in [-0.3, -0.25) is 4.90 Å². The molecule has 0 spiro atoms. The molecule has 1 aliphatic rings. The molecule has 0 atom stereocenters. The van der Waals surface area contributed by atoms with Crippen molar-refractivity contribution >= 4 is 11.0 Å². The normalized spacial score (nSPS) is 13.9. The van der Waals surface area contributed by atoms with Crippen molar-refractivity contribution < 1.29 is 13.9 Å². The van der Waals surface area contributed by atoms with Crippen LogP contribution in [-0.2, 0) is 19.5 Å². The second-order valence-corrected chi connectivity index (χ2v) is 7.67. The Balaban J connectivity index is 1.67. The molecule has 0 N–H and O–H groups in total. The number of benzene rings is 2. The summed E-state index contributed by atoms with van der Waals surface area (Å²) in [5, 5.41) is 1.03. The summed E-state index contributed by atoms with van der Waals surface area (Å²) in [6, 6.07) is 11.9. The SMILES string of the molecule is CCCCc1cc(=O)oc2c(C)c3c(cc12)CN(Cc1cccc(OC)c1)CO3. The van der Waals surface area contributed by atoms with E-state index in [1.54, 1.807) is 13.2 Å². The molecule has 5 nitrogen and oxygen atoms in total. The molecule has 2 aromatic carbocycles. The smallest absolute Gasteiger partial charge is 0.336 e. The van der Waals surface area contributed by atoms with E-state index in [1.165, 1.54) is 5.56 Å². The number of hydrogen-bond donors (Lipinski definition) is 0. The molecule has 2 heterocycles. The Morgan fingerprint density at radius 2 is 2.07 bits per heavy atom. The molecule has 0 amide bonds. The fourth-order valence-electron chi connectivity index (χ4n) is 4.04. The molecule has 0 fully saturated rings. The fraction of sp³-hybridized carbons (Fsp3) is 0.375. The minimum absolute atomic E-state index is 0.290. The number of rotatable bonds is 6. The van der Waals surface area contributed by atoms with Crippen LogP contribution in [0.5, 0.6) is 11.5 Å². The van der Waals surface area contributed by atoms with E-state index in [1.807, 2.05) is 19.1 Å². The lowest BCUT2D eigenvalue weighted by molar-refractivity contribution is 0.0880. The Kier molecular flexibility index (Phi) is 5.58. The number of ether oxygens (including phenoxy) is 2. The first-order chi connectivity index (χ1) is 14.1. The summed E-state index contributed by atoms with van der Waals surface area (Å²) in [4.78, 5) is 14.3. The Bertz CT molecular complexity index is 1090. The van der Waals surface area contributed by atoms with Crippen molar-refractivity contribution in [2.45, 2.75) is 46.2 Å². The van der Waals surface area contributed by atoms with E-state index in [0.717, 1.165) is 65.9 Å². The lowest BCUT2D eigenvalue weighted by atomic mass is 9.98. The van der Waals surface area contributed by atoms with E-state index in [0.29, 0.717) is 12.3 Å². The number of unbranched alkanes of at least 4 members (excludes halogenated alkanes) is 1. The number of hydrogen-bond acceptors (Lipinski definition) is 5. The number of fused-ring (bicyclic) bond motifs is 2. The molecule has 1 aromatic heterocycles. The molecule has 152 valence electrons. The maximum Gasteiger partial charge on any atom is 0.336 e. The predicted molar refractivity (Wildman–Crippen MR) is 114 cm³/mol. The monoisotopic (exact) mass is 393 g/mol. The van der Waals surface area contributed by atoms with Gasteiger partial charge in [-0.25, -0.2) is 4.79 Å². The van der Waals surface area contributed by atoms with Crippen LogP contribution in [0.25, 0.3) is 11.0 Å². The molecule has 29 heavy (non-hydrogen) atoms. The van der Waals surface area contributed by atoms with Crippen LogP contribution in [0.4, 0.5) is 0 Å². The largest absolute Gasteiger partial charge is 0.497 e. The third kappa shape index (κ3) is 4.01.